The molecule has 9 heteroatoms. The van der Waals surface area contributed by atoms with E-state index < -0.39 is 30.0 Å². The van der Waals surface area contributed by atoms with Crippen LogP contribution in [0.5, 0.6) is 5.75 Å². The highest BCUT2D eigenvalue weighted by molar-refractivity contribution is 5.91. The lowest BCUT2D eigenvalue weighted by Crippen LogP contribution is -2.36. The zero-order valence-corrected chi connectivity index (χ0v) is 17.4. The molecule has 0 unspecified atom stereocenters. The minimum absolute atomic E-state index is 0.306. The average molecular weight is 439 g/mol. The Morgan fingerprint density at radius 1 is 1.12 bits per heavy atom. The number of nitrogens with zero attached hydrogens (tertiary/aromatic N) is 1. The van der Waals surface area contributed by atoms with Crippen molar-refractivity contribution in [2.75, 3.05) is 5.32 Å². The van der Waals surface area contributed by atoms with E-state index in [-0.39, 0.29) is 17.3 Å². The summed E-state index contributed by atoms with van der Waals surface area (Å²) in [4.78, 5) is 36.3. The first-order chi connectivity index (χ1) is 15.2. The number of urea groups is 1. The molecule has 2 amide bonds. The first-order valence-corrected chi connectivity index (χ1v) is 9.70. The fourth-order valence-corrected chi connectivity index (χ4v) is 3.31. The Hall–Kier alpha value is -4.14. The van der Waals surface area contributed by atoms with E-state index in [2.05, 4.69) is 10.6 Å². The van der Waals surface area contributed by atoms with Crippen molar-refractivity contribution >= 4 is 17.7 Å². The van der Waals surface area contributed by atoms with Gasteiger partial charge in [-0.3, -0.25) is 9.59 Å². The number of aryl methyl sites for hydroxylation is 2. The molecular formula is C23H22FN3O5. The topological polar surface area (TPSA) is 121 Å². The van der Waals surface area contributed by atoms with Crippen LogP contribution in [0.25, 0.3) is 11.1 Å². The number of aromatic hydroxyl groups is 1. The van der Waals surface area contributed by atoms with Crippen LogP contribution in [0, 0.1) is 12.7 Å². The molecule has 0 spiro atoms. The van der Waals surface area contributed by atoms with Gasteiger partial charge < -0.3 is 25.4 Å². The molecule has 0 aliphatic carbocycles. The molecule has 0 bridgehead atoms. The molecule has 3 rings (SSSR count). The van der Waals surface area contributed by atoms with Crippen LogP contribution in [0.1, 0.15) is 23.6 Å². The maximum absolute atomic E-state index is 13.2. The number of pyridine rings is 1. The molecule has 2 aromatic carbocycles. The number of carbonyl (C=O) groups is 2. The molecular weight excluding hydrogens is 417 g/mol. The number of halogens is 1. The molecule has 0 aliphatic rings. The molecule has 1 atom stereocenters. The van der Waals surface area contributed by atoms with Gasteiger partial charge in [-0.05, 0) is 41.8 Å². The second-order valence-corrected chi connectivity index (χ2v) is 7.33. The Morgan fingerprint density at radius 2 is 1.81 bits per heavy atom. The van der Waals surface area contributed by atoms with Crippen molar-refractivity contribution in [3.05, 3.63) is 82.0 Å². The molecule has 0 saturated carbocycles. The maximum atomic E-state index is 13.2. The molecule has 166 valence electrons. The van der Waals surface area contributed by atoms with Crippen molar-refractivity contribution in [1.82, 2.24) is 9.88 Å². The molecule has 0 aliphatic heterocycles. The van der Waals surface area contributed by atoms with Crippen molar-refractivity contribution in [2.45, 2.75) is 19.4 Å². The van der Waals surface area contributed by atoms with Crippen molar-refractivity contribution in [3.8, 4) is 16.9 Å². The zero-order valence-electron chi connectivity index (χ0n) is 17.4. The Labute approximate surface area is 183 Å². The van der Waals surface area contributed by atoms with Crippen molar-refractivity contribution in [1.29, 1.82) is 0 Å². The summed E-state index contributed by atoms with van der Waals surface area (Å²) in [6, 6.07) is 10.9. The fourth-order valence-electron chi connectivity index (χ4n) is 3.31. The number of aromatic nitrogens is 1. The van der Waals surface area contributed by atoms with Gasteiger partial charge in [0.15, 0.2) is 5.69 Å². The number of nitrogens with one attached hydrogen (secondary N) is 2. The zero-order chi connectivity index (χ0) is 23.4. The van der Waals surface area contributed by atoms with Crippen LogP contribution in [-0.4, -0.2) is 26.8 Å². The Bertz CT molecular complexity index is 1220. The second-order valence-electron chi connectivity index (χ2n) is 7.33. The van der Waals surface area contributed by atoms with Crippen LogP contribution < -0.4 is 16.2 Å². The van der Waals surface area contributed by atoms with Crippen LogP contribution in [0.15, 0.2) is 59.5 Å². The first-order valence-electron chi connectivity index (χ1n) is 9.70. The summed E-state index contributed by atoms with van der Waals surface area (Å²) in [6.45, 7) is 1.58. The van der Waals surface area contributed by atoms with Crippen LogP contribution in [-0.2, 0) is 11.8 Å². The van der Waals surface area contributed by atoms with Gasteiger partial charge in [-0.25, -0.2) is 9.18 Å². The smallest absolute Gasteiger partial charge is 0.319 e. The molecule has 1 heterocycles. The van der Waals surface area contributed by atoms with Crippen molar-refractivity contribution in [2.24, 2.45) is 7.05 Å². The first kappa shape index (κ1) is 22.5. The Kier molecular flexibility index (Phi) is 6.58. The average Bonchev–Trinajstić information content (AvgIpc) is 2.75. The van der Waals surface area contributed by atoms with E-state index in [0.29, 0.717) is 16.7 Å². The number of hydrogen-bond acceptors (Lipinski definition) is 4. The Morgan fingerprint density at radius 3 is 2.47 bits per heavy atom. The van der Waals surface area contributed by atoms with Crippen LogP contribution >= 0.6 is 0 Å². The summed E-state index contributed by atoms with van der Waals surface area (Å²) >= 11 is 0. The van der Waals surface area contributed by atoms with Crippen LogP contribution in [0.3, 0.4) is 0 Å². The van der Waals surface area contributed by atoms with Crippen LogP contribution in [0.4, 0.5) is 14.9 Å². The highest BCUT2D eigenvalue weighted by Gasteiger charge is 2.21. The lowest BCUT2D eigenvalue weighted by atomic mass is 9.98. The number of amides is 2. The van der Waals surface area contributed by atoms with Crippen LogP contribution in [0.2, 0.25) is 0 Å². The number of aliphatic carboxylic acids is 1. The molecule has 3 aromatic rings. The number of hydrogen-bond donors (Lipinski definition) is 4. The number of benzene rings is 2. The summed E-state index contributed by atoms with van der Waals surface area (Å²) in [5, 5.41) is 24.3. The molecule has 32 heavy (non-hydrogen) atoms. The largest absolute Gasteiger partial charge is 0.505 e. The number of rotatable bonds is 6. The fraction of sp³-hybridized carbons (Fsp3) is 0.174. The number of carboxylic acid groups (broad SMARTS) is 1. The monoisotopic (exact) mass is 439 g/mol. The molecule has 0 fully saturated rings. The van der Waals surface area contributed by atoms with E-state index in [0.717, 1.165) is 5.56 Å². The van der Waals surface area contributed by atoms with Gasteiger partial charge in [-0.15, -0.1) is 0 Å². The van der Waals surface area contributed by atoms with E-state index in [1.807, 2.05) is 0 Å². The van der Waals surface area contributed by atoms with Gasteiger partial charge in [-0.2, -0.15) is 0 Å². The lowest BCUT2D eigenvalue weighted by Gasteiger charge is -2.19. The van der Waals surface area contributed by atoms with E-state index in [1.54, 1.807) is 43.3 Å². The van der Waals surface area contributed by atoms with Gasteiger partial charge in [-0.1, -0.05) is 30.3 Å². The normalized spacial score (nSPS) is 11.6. The predicted octanol–water partition coefficient (Wildman–Crippen LogP) is 3.54. The van der Waals surface area contributed by atoms with E-state index in [4.69, 9.17) is 0 Å². The number of anilines is 1. The second kappa shape index (κ2) is 9.34. The Balaban J connectivity index is 1.87. The van der Waals surface area contributed by atoms with Crippen molar-refractivity contribution in [3.63, 3.8) is 0 Å². The summed E-state index contributed by atoms with van der Waals surface area (Å²) in [6.07, 6.45) is 1.01. The summed E-state index contributed by atoms with van der Waals surface area (Å²) < 4.78 is 14.4. The SMILES string of the molecule is Cc1cn(C)c(=O)c(NC(=O)N[C@@H](CC(=O)O)c2cccc(-c3ccc(F)cc3)c2)c1O. The van der Waals surface area contributed by atoms with Crippen molar-refractivity contribution < 1.29 is 24.2 Å². The van der Waals surface area contributed by atoms with E-state index >= 15 is 0 Å². The highest BCUT2D eigenvalue weighted by Crippen LogP contribution is 2.26. The van der Waals surface area contributed by atoms with Gasteiger partial charge in [0.05, 0.1) is 12.5 Å². The third-order valence-corrected chi connectivity index (χ3v) is 4.92. The minimum atomic E-state index is -1.14. The quantitative estimate of drug-likeness (QED) is 0.468. The molecule has 0 saturated heterocycles. The molecule has 8 nitrogen and oxygen atoms in total. The number of carboxylic acids is 1. The van der Waals surface area contributed by atoms with Gasteiger partial charge >= 0.3 is 12.0 Å². The lowest BCUT2D eigenvalue weighted by molar-refractivity contribution is -0.137. The minimum Gasteiger partial charge on any atom is -0.505 e. The van der Waals surface area contributed by atoms with E-state index in [9.17, 15) is 29.0 Å². The molecule has 4 N–H and O–H groups in total. The predicted molar refractivity (Wildman–Crippen MR) is 117 cm³/mol. The van der Waals surface area contributed by atoms with Gasteiger partial charge in [0.1, 0.15) is 11.6 Å². The third-order valence-electron chi connectivity index (χ3n) is 4.92. The van der Waals surface area contributed by atoms with Gasteiger partial charge in [0.2, 0.25) is 0 Å². The summed E-state index contributed by atoms with van der Waals surface area (Å²) in [5.74, 6) is -1.88. The third kappa shape index (κ3) is 5.12. The summed E-state index contributed by atoms with van der Waals surface area (Å²) in [5.41, 5.74) is 1.41. The highest BCUT2D eigenvalue weighted by atomic mass is 19.1. The standard InChI is InChI=1S/C23H22FN3O5/c1-13-12-27(2)22(31)20(21(13)30)26-23(32)25-18(11-19(28)29)16-5-3-4-15(10-16)14-6-8-17(24)9-7-14/h3-10,12,18,30H,11H2,1-2H3,(H,28,29)(H2,25,26,32)/t18-/m0/s1. The maximum Gasteiger partial charge on any atom is 0.319 e. The van der Waals surface area contributed by atoms with E-state index in [1.165, 1.54) is 29.9 Å². The molecule has 0 radical (unpaired) electrons. The summed E-state index contributed by atoms with van der Waals surface area (Å²) in [7, 11) is 1.48. The van der Waals surface area contributed by atoms with Gasteiger partial charge in [0.25, 0.3) is 5.56 Å². The van der Waals surface area contributed by atoms with Gasteiger partial charge in [0, 0.05) is 18.8 Å². The number of carbonyl (C=O) groups excluding carboxylic acids is 1. The molecule has 1 aromatic heterocycles.